The van der Waals surface area contributed by atoms with Crippen molar-refractivity contribution in [2.24, 2.45) is 0 Å². The van der Waals surface area contributed by atoms with E-state index in [1.165, 1.54) is 12.1 Å². The minimum absolute atomic E-state index is 0.0725. The molecule has 0 aromatic heterocycles. The average Bonchev–Trinajstić information content (AvgIpc) is 2.90. The molecule has 40 heavy (non-hydrogen) atoms. The predicted molar refractivity (Wildman–Crippen MR) is 158 cm³/mol. The first-order valence-corrected chi connectivity index (χ1v) is 14.5. The highest BCUT2D eigenvalue weighted by Crippen LogP contribution is 2.26. The molecule has 2 aromatic rings. The number of hydrogen-bond donors (Lipinski definition) is 3. The summed E-state index contributed by atoms with van der Waals surface area (Å²) < 4.78 is 5.49. The van der Waals surface area contributed by atoms with Gasteiger partial charge < -0.3 is 25.4 Å². The van der Waals surface area contributed by atoms with Crippen LogP contribution in [0.15, 0.2) is 54.6 Å². The van der Waals surface area contributed by atoms with Crippen LogP contribution in [0.5, 0.6) is 5.75 Å². The van der Waals surface area contributed by atoms with Gasteiger partial charge in [0.2, 0.25) is 11.8 Å². The zero-order valence-electron chi connectivity index (χ0n) is 24.7. The third kappa shape index (κ3) is 11.3. The second-order valence-corrected chi connectivity index (χ2v) is 11.1. The first-order valence-electron chi connectivity index (χ1n) is 14.5. The van der Waals surface area contributed by atoms with Gasteiger partial charge in [0, 0.05) is 19.5 Å². The number of amides is 3. The first-order chi connectivity index (χ1) is 19.1. The summed E-state index contributed by atoms with van der Waals surface area (Å²) >= 11 is 0. The number of carbonyl (C=O) groups excluding carboxylic acids is 3. The van der Waals surface area contributed by atoms with Gasteiger partial charge in [0.05, 0.1) is 0 Å². The molecule has 0 fully saturated rings. The average molecular weight is 554 g/mol. The third-order valence-electron chi connectivity index (χ3n) is 6.41. The Bertz CT molecular complexity index is 1050. The number of hydrogen-bond acceptors (Lipinski definition) is 5. The first kappa shape index (κ1) is 32.7. The molecule has 0 spiro atoms. The van der Waals surface area contributed by atoms with E-state index in [0.29, 0.717) is 25.1 Å². The van der Waals surface area contributed by atoms with Gasteiger partial charge in [-0.3, -0.25) is 9.59 Å². The quantitative estimate of drug-likeness (QED) is 0.238. The van der Waals surface area contributed by atoms with Gasteiger partial charge in [-0.05, 0) is 56.9 Å². The molecule has 8 heteroatoms. The Morgan fingerprint density at radius 3 is 2.12 bits per heavy atom. The van der Waals surface area contributed by atoms with E-state index in [9.17, 15) is 19.5 Å². The van der Waals surface area contributed by atoms with Crippen molar-refractivity contribution in [3.63, 3.8) is 0 Å². The molecule has 0 aliphatic rings. The highest BCUT2D eigenvalue weighted by molar-refractivity contribution is 5.92. The van der Waals surface area contributed by atoms with Crippen molar-refractivity contribution in [3.05, 3.63) is 65.7 Å². The lowest BCUT2D eigenvalue weighted by molar-refractivity contribution is -0.142. The molecule has 2 atom stereocenters. The topological polar surface area (TPSA) is 108 Å². The summed E-state index contributed by atoms with van der Waals surface area (Å²) in [4.78, 5) is 42.4. The van der Waals surface area contributed by atoms with E-state index < -0.39 is 23.8 Å². The molecule has 2 aromatic carbocycles. The van der Waals surface area contributed by atoms with Crippen molar-refractivity contribution >= 4 is 17.9 Å². The van der Waals surface area contributed by atoms with E-state index in [-0.39, 0.29) is 24.0 Å². The van der Waals surface area contributed by atoms with Gasteiger partial charge in [-0.15, -0.1) is 0 Å². The summed E-state index contributed by atoms with van der Waals surface area (Å²) in [6.45, 7) is 10.3. The van der Waals surface area contributed by atoms with E-state index >= 15 is 0 Å². The SMILES string of the molecule is CCCCCNC(=O)C(c1ccc(O)cc1)N(CCCCC)C(=O)C(Cc1ccccc1)NC(=O)OC(C)(C)C. The second kappa shape index (κ2) is 16.5. The van der Waals surface area contributed by atoms with Crippen LogP contribution in [0.4, 0.5) is 4.79 Å². The number of phenols is 1. The van der Waals surface area contributed by atoms with E-state index in [1.54, 1.807) is 37.8 Å². The minimum Gasteiger partial charge on any atom is -0.508 e. The smallest absolute Gasteiger partial charge is 0.408 e. The number of ether oxygens (including phenoxy) is 1. The van der Waals surface area contributed by atoms with E-state index in [1.807, 2.05) is 30.3 Å². The van der Waals surface area contributed by atoms with Gasteiger partial charge in [0.25, 0.3) is 0 Å². The molecule has 0 radical (unpaired) electrons. The molecular formula is C32H47N3O5. The fourth-order valence-electron chi connectivity index (χ4n) is 4.41. The molecule has 0 bridgehead atoms. The molecule has 0 aliphatic heterocycles. The van der Waals surface area contributed by atoms with E-state index in [2.05, 4.69) is 24.5 Å². The molecule has 0 aliphatic carbocycles. The number of unbranched alkanes of at least 4 members (excludes halogenated alkanes) is 4. The van der Waals surface area contributed by atoms with Crippen molar-refractivity contribution < 1.29 is 24.2 Å². The van der Waals surface area contributed by atoms with Crippen LogP contribution < -0.4 is 10.6 Å². The summed E-state index contributed by atoms with van der Waals surface area (Å²) in [6, 6.07) is 13.9. The van der Waals surface area contributed by atoms with Gasteiger partial charge in [0.1, 0.15) is 23.4 Å². The molecular weight excluding hydrogens is 506 g/mol. The largest absolute Gasteiger partial charge is 0.508 e. The van der Waals surface area contributed by atoms with Crippen molar-refractivity contribution in [1.29, 1.82) is 0 Å². The Balaban J connectivity index is 2.49. The number of benzene rings is 2. The number of aromatic hydroxyl groups is 1. The van der Waals surface area contributed by atoms with Crippen LogP contribution in [-0.2, 0) is 20.7 Å². The van der Waals surface area contributed by atoms with Crippen LogP contribution in [0.1, 0.15) is 90.3 Å². The van der Waals surface area contributed by atoms with Gasteiger partial charge in [-0.1, -0.05) is 82.0 Å². The Hall–Kier alpha value is -3.55. The Morgan fingerprint density at radius 2 is 1.52 bits per heavy atom. The number of phenolic OH excluding ortho intramolecular Hbond substituents is 1. The van der Waals surface area contributed by atoms with Gasteiger partial charge in [-0.25, -0.2) is 4.79 Å². The maximum absolute atomic E-state index is 14.3. The Labute approximate surface area is 239 Å². The molecule has 0 saturated heterocycles. The lowest BCUT2D eigenvalue weighted by Crippen LogP contribution is -2.54. The minimum atomic E-state index is -0.952. The summed E-state index contributed by atoms with van der Waals surface area (Å²) in [7, 11) is 0. The monoisotopic (exact) mass is 553 g/mol. The Kier molecular flexibility index (Phi) is 13.5. The van der Waals surface area contributed by atoms with E-state index in [4.69, 9.17) is 4.74 Å². The summed E-state index contributed by atoms with van der Waals surface area (Å²) in [5.74, 6) is -0.585. The fraction of sp³-hybridized carbons (Fsp3) is 0.531. The normalized spacial score (nSPS) is 12.7. The Morgan fingerprint density at radius 1 is 0.900 bits per heavy atom. The molecule has 2 unspecified atom stereocenters. The summed E-state index contributed by atoms with van der Waals surface area (Å²) in [6.07, 6.45) is 4.92. The second-order valence-electron chi connectivity index (χ2n) is 11.1. The van der Waals surface area contributed by atoms with Crippen LogP contribution in [0.2, 0.25) is 0 Å². The molecule has 8 nitrogen and oxygen atoms in total. The number of rotatable bonds is 15. The highest BCUT2D eigenvalue weighted by atomic mass is 16.6. The van der Waals surface area contributed by atoms with Crippen LogP contribution in [-0.4, -0.2) is 52.6 Å². The van der Waals surface area contributed by atoms with Gasteiger partial charge in [0.15, 0.2) is 0 Å². The molecule has 220 valence electrons. The molecule has 0 heterocycles. The lowest BCUT2D eigenvalue weighted by Gasteiger charge is -2.34. The zero-order valence-corrected chi connectivity index (χ0v) is 24.7. The number of carbonyl (C=O) groups is 3. The molecule has 3 amide bonds. The molecule has 3 N–H and O–H groups in total. The van der Waals surface area contributed by atoms with Crippen LogP contribution >= 0.6 is 0 Å². The zero-order chi connectivity index (χ0) is 29.5. The number of nitrogens with one attached hydrogen (secondary N) is 2. The van der Waals surface area contributed by atoms with Crippen LogP contribution in [0.3, 0.4) is 0 Å². The van der Waals surface area contributed by atoms with Crippen molar-refractivity contribution in [1.82, 2.24) is 15.5 Å². The van der Waals surface area contributed by atoms with Crippen molar-refractivity contribution in [2.45, 2.75) is 97.2 Å². The van der Waals surface area contributed by atoms with Gasteiger partial charge >= 0.3 is 6.09 Å². The number of alkyl carbamates (subject to hydrolysis) is 1. The van der Waals surface area contributed by atoms with Crippen molar-refractivity contribution in [2.75, 3.05) is 13.1 Å². The standard InChI is InChI=1S/C32H47N3O5/c1-6-8-13-21-33-29(37)28(25-17-19-26(36)20-18-25)35(22-14-9-7-2)30(38)27(23-24-15-11-10-12-16-24)34-31(39)40-32(3,4)5/h10-12,15-20,27-28,36H,6-9,13-14,21-23H2,1-5H3,(H,33,37)(H,34,39). The predicted octanol–water partition coefficient (Wildman–Crippen LogP) is 5.89. The van der Waals surface area contributed by atoms with Crippen LogP contribution in [0, 0.1) is 0 Å². The maximum atomic E-state index is 14.3. The highest BCUT2D eigenvalue weighted by Gasteiger charge is 2.36. The lowest BCUT2D eigenvalue weighted by atomic mass is 9.99. The maximum Gasteiger partial charge on any atom is 0.408 e. The third-order valence-corrected chi connectivity index (χ3v) is 6.41. The summed E-state index contributed by atoms with van der Waals surface area (Å²) in [5.41, 5.74) is 0.722. The summed E-state index contributed by atoms with van der Waals surface area (Å²) in [5, 5.41) is 15.7. The van der Waals surface area contributed by atoms with Gasteiger partial charge in [-0.2, -0.15) is 0 Å². The molecule has 0 saturated carbocycles. The van der Waals surface area contributed by atoms with Crippen LogP contribution in [0.25, 0.3) is 0 Å². The van der Waals surface area contributed by atoms with E-state index in [0.717, 1.165) is 37.7 Å². The molecule has 2 rings (SSSR count). The fourth-order valence-corrected chi connectivity index (χ4v) is 4.41. The number of nitrogens with zero attached hydrogens (tertiary/aromatic N) is 1. The van der Waals surface area contributed by atoms with Crippen molar-refractivity contribution in [3.8, 4) is 5.75 Å².